The third kappa shape index (κ3) is 2.77. The predicted molar refractivity (Wildman–Crippen MR) is 82.2 cm³/mol. The maximum Gasteiger partial charge on any atom is 0.141 e. The largest absolute Gasteiger partial charge is 0.382 e. The van der Waals surface area contributed by atoms with E-state index in [0.717, 1.165) is 23.6 Å². The van der Waals surface area contributed by atoms with Crippen LogP contribution in [0.2, 0.25) is 10.0 Å². The summed E-state index contributed by atoms with van der Waals surface area (Å²) < 4.78 is 13.1. The summed E-state index contributed by atoms with van der Waals surface area (Å²) in [6, 6.07) is 13.1. The van der Waals surface area contributed by atoms with Crippen LogP contribution in [0, 0.1) is 5.82 Å². The van der Waals surface area contributed by atoms with Crippen molar-refractivity contribution in [1.82, 2.24) is 0 Å². The minimum Gasteiger partial charge on any atom is -0.382 e. The van der Waals surface area contributed by atoms with E-state index in [9.17, 15) is 4.39 Å². The molecule has 1 aliphatic rings. The number of rotatable bonds is 3. The summed E-state index contributed by atoms with van der Waals surface area (Å²) in [6.07, 6.45) is 2.05. The molecule has 0 saturated heterocycles. The van der Waals surface area contributed by atoms with Gasteiger partial charge in [-0.15, -0.1) is 0 Å². The highest BCUT2D eigenvalue weighted by Gasteiger charge is 2.31. The number of anilines is 1. The van der Waals surface area contributed by atoms with Crippen LogP contribution in [0.3, 0.4) is 0 Å². The van der Waals surface area contributed by atoms with Gasteiger partial charge in [-0.3, -0.25) is 0 Å². The SMILES string of the molecule is Fc1ccc(NC2CC(c3ccccc3Cl)C2)cc1Cl. The van der Waals surface area contributed by atoms with Crippen molar-refractivity contribution in [2.75, 3.05) is 5.32 Å². The number of hydrogen-bond acceptors (Lipinski definition) is 1. The third-order valence-electron chi connectivity index (χ3n) is 3.77. The average molecular weight is 310 g/mol. The summed E-state index contributed by atoms with van der Waals surface area (Å²) in [7, 11) is 0. The Morgan fingerprint density at radius 3 is 2.45 bits per heavy atom. The second-order valence-electron chi connectivity index (χ2n) is 5.16. The monoisotopic (exact) mass is 309 g/mol. The first-order valence-electron chi connectivity index (χ1n) is 6.59. The summed E-state index contributed by atoms with van der Waals surface area (Å²) in [5.41, 5.74) is 2.07. The van der Waals surface area contributed by atoms with Crippen LogP contribution in [0.15, 0.2) is 42.5 Å². The minimum atomic E-state index is -0.389. The summed E-state index contributed by atoms with van der Waals surface area (Å²) in [5, 5.41) is 4.36. The molecule has 0 aromatic heterocycles. The fourth-order valence-electron chi connectivity index (χ4n) is 2.62. The van der Waals surface area contributed by atoms with Gasteiger partial charge in [-0.2, -0.15) is 0 Å². The van der Waals surface area contributed by atoms with Gasteiger partial charge in [0.1, 0.15) is 5.82 Å². The van der Waals surface area contributed by atoms with E-state index in [1.165, 1.54) is 11.6 Å². The molecule has 1 nitrogen and oxygen atoms in total. The van der Waals surface area contributed by atoms with Gasteiger partial charge < -0.3 is 5.32 Å². The molecule has 0 aliphatic heterocycles. The van der Waals surface area contributed by atoms with Crippen LogP contribution in [0.4, 0.5) is 10.1 Å². The molecule has 0 amide bonds. The van der Waals surface area contributed by atoms with E-state index in [-0.39, 0.29) is 10.8 Å². The Balaban J connectivity index is 1.61. The summed E-state index contributed by atoms with van der Waals surface area (Å²) in [6.45, 7) is 0. The second-order valence-corrected chi connectivity index (χ2v) is 5.97. The van der Waals surface area contributed by atoms with Crippen molar-refractivity contribution in [2.24, 2.45) is 0 Å². The van der Waals surface area contributed by atoms with Gasteiger partial charge >= 0.3 is 0 Å². The molecule has 2 aromatic rings. The Hall–Kier alpha value is -1.25. The van der Waals surface area contributed by atoms with Gasteiger partial charge in [0.05, 0.1) is 5.02 Å². The normalized spacial score (nSPS) is 21.4. The van der Waals surface area contributed by atoms with Crippen molar-refractivity contribution in [3.63, 3.8) is 0 Å². The van der Waals surface area contributed by atoms with Crippen LogP contribution in [0.1, 0.15) is 24.3 Å². The zero-order valence-corrected chi connectivity index (χ0v) is 12.3. The zero-order valence-electron chi connectivity index (χ0n) is 10.7. The van der Waals surface area contributed by atoms with E-state index in [4.69, 9.17) is 23.2 Å². The Morgan fingerprint density at radius 2 is 1.75 bits per heavy atom. The first kappa shape index (κ1) is 13.7. The molecule has 0 radical (unpaired) electrons. The molecule has 1 N–H and O–H groups in total. The molecule has 104 valence electrons. The molecule has 20 heavy (non-hydrogen) atoms. The molecule has 1 fully saturated rings. The molecule has 4 heteroatoms. The number of nitrogens with one attached hydrogen (secondary N) is 1. The number of halogens is 3. The first-order chi connectivity index (χ1) is 9.63. The van der Waals surface area contributed by atoms with Crippen molar-refractivity contribution in [1.29, 1.82) is 0 Å². The lowest BCUT2D eigenvalue weighted by atomic mass is 9.76. The van der Waals surface area contributed by atoms with Crippen LogP contribution in [-0.2, 0) is 0 Å². The molecule has 3 rings (SSSR count). The van der Waals surface area contributed by atoms with Crippen molar-refractivity contribution >= 4 is 28.9 Å². The number of hydrogen-bond donors (Lipinski definition) is 1. The van der Waals surface area contributed by atoms with Gasteiger partial charge in [-0.1, -0.05) is 41.4 Å². The maximum atomic E-state index is 13.1. The second kappa shape index (κ2) is 5.63. The van der Waals surface area contributed by atoms with Gasteiger partial charge in [0.2, 0.25) is 0 Å². The van der Waals surface area contributed by atoms with Crippen LogP contribution in [0.25, 0.3) is 0 Å². The standard InChI is InChI=1S/C16H14Cl2FN/c17-14-4-2-1-3-13(14)10-7-12(8-10)20-11-5-6-16(19)15(18)9-11/h1-6,9-10,12,20H,7-8H2. The van der Waals surface area contributed by atoms with E-state index >= 15 is 0 Å². The topological polar surface area (TPSA) is 12.0 Å². The van der Waals surface area contributed by atoms with Gasteiger partial charge in [0, 0.05) is 16.8 Å². The highest BCUT2D eigenvalue weighted by atomic mass is 35.5. The van der Waals surface area contributed by atoms with Crippen LogP contribution >= 0.6 is 23.2 Å². The van der Waals surface area contributed by atoms with E-state index in [2.05, 4.69) is 11.4 Å². The lowest BCUT2D eigenvalue weighted by Crippen LogP contribution is -2.34. The molecule has 1 saturated carbocycles. The van der Waals surface area contributed by atoms with E-state index in [1.807, 2.05) is 18.2 Å². The molecular weight excluding hydrogens is 296 g/mol. The number of benzene rings is 2. The van der Waals surface area contributed by atoms with Crippen molar-refractivity contribution < 1.29 is 4.39 Å². The van der Waals surface area contributed by atoms with Crippen molar-refractivity contribution in [2.45, 2.75) is 24.8 Å². The predicted octanol–water partition coefficient (Wildman–Crippen LogP) is 5.49. The molecule has 0 heterocycles. The van der Waals surface area contributed by atoms with Crippen LogP contribution < -0.4 is 5.32 Å². The smallest absolute Gasteiger partial charge is 0.141 e. The van der Waals surface area contributed by atoms with Gasteiger partial charge in [-0.05, 0) is 48.6 Å². The summed E-state index contributed by atoms with van der Waals surface area (Å²) in [4.78, 5) is 0. The lowest BCUT2D eigenvalue weighted by molar-refractivity contribution is 0.374. The van der Waals surface area contributed by atoms with E-state index in [1.54, 1.807) is 12.1 Å². The summed E-state index contributed by atoms with van der Waals surface area (Å²) >= 11 is 12.0. The molecular formula is C16H14Cl2FN. The maximum absolute atomic E-state index is 13.1. The highest BCUT2D eigenvalue weighted by molar-refractivity contribution is 6.31. The van der Waals surface area contributed by atoms with E-state index < -0.39 is 0 Å². The highest BCUT2D eigenvalue weighted by Crippen LogP contribution is 2.41. The Labute approximate surface area is 127 Å². The molecule has 0 spiro atoms. The minimum absolute atomic E-state index is 0.150. The Bertz CT molecular complexity index is 624. The average Bonchev–Trinajstić information content (AvgIpc) is 2.39. The van der Waals surface area contributed by atoms with Crippen molar-refractivity contribution in [3.05, 3.63) is 63.9 Å². The Kier molecular flexibility index (Phi) is 3.86. The van der Waals surface area contributed by atoms with Crippen molar-refractivity contribution in [3.8, 4) is 0 Å². The van der Waals surface area contributed by atoms with Crippen LogP contribution in [-0.4, -0.2) is 6.04 Å². The molecule has 1 aliphatic carbocycles. The molecule has 2 aromatic carbocycles. The summed E-state index contributed by atoms with van der Waals surface area (Å²) in [5.74, 6) is 0.108. The third-order valence-corrected chi connectivity index (χ3v) is 4.41. The molecule has 0 bridgehead atoms. The zero-order chi connectivity index (χ0) is 14.1. The molecule has 0 atom stereocenters. The lowest BCUT2D eigenvalue weighted by Gasteiger charge is -2.37. The quantitative estimate of drug-likeness (QED) is 0.790. The molecule has 0 unspecified atom stereocenters. The van der Waals surface area contributed by atoms with E-state index in [0.29, 0.717) is 12.0 Å². The fraction of sp³-hybridized carbons (Fsp3) is 0.250. The Morgan fingerprint density at radius 1 is 1.00 bits per heavy atom. The fourth-order valence-corrected chi connectivity index (χ4v) is 3.09. The van der Waals surface area contributed by atoms with Gasteiger partial charge in [0.25, 0.3) is 0 Å². The first-order valence-corrected chi connectivity index (χ1v) is 7.35. The van der Waals surface area contributed by atoms with Gasteiger partial charge in [0.15, 0.2) is 0 Å². The van der Waals surface area contributed by atoms with Gasteiger partial charge in [-0.25, -0.2) is 4.39 Å². The van der Waals surface area contributed by atoms with Crippen LogP contribution in [0.5, 0.6) is 0 Å².